The van der Waals surface area contributed by atoms with Crippen molar-refractivity contribution in [2.45, 2.75) is 6.04 Å². The van der Waals surface area contributed by atoms with E-state index in [0.29, 0.717) is 22.2 Å². The SMILES string of the molecule is CNC(c1cc(F)ccc1Br)c1c(F)cc(F)cc1F. The van der Waals surface area contributed by atoms with E-state index in [1.165, 1.54) is 19.2 Å². The Morgan fingerprint density at radius 2 is 1.55 bits per heavy atom. The highest BCUT2D eigenvalue weighted by Gasteiger charge is 2.23. The Morgan fingerprint density at radius 1 is 0.950 bits per heavy atom. The summed E-state index contributed by atoms with van der Waals surface area (Å²) in [7, 11) is 1.48. The summed E-state index contributed by atoms with van der Waals surface area (Å²) < 4.78 is 54.4. The minimum absolute atomic E-state index is 0.317. The van der Waals surface area contributed by atoms with Gasteiger partial charge in [-0.25, -0.2) is 17.6 Å². The second-order valence-electron chi connectivity index (χ2n) is 4.17. The summed E-state index contributed by atoms with van der Waals surface area (Å²) in [5.41, 5.74) is -0.0443. The van der Waals surface area contributed by atoms with Crippen molar-refractivity contribution < 1.29 is 17.6 Å². The number of benzene rings is 2. The first-order chi connectivity index (χ1) is 9.43. The summed E-state index contributed by atoms with van der Waals surface area (Å²) in [6.07, 6.45) is 0. The molecule has 0 amide bonds. The zero-order valence-electron chi connectivity index (χ0n) is 10.4. The molecule has 1 N–H and O–H groups in total. The Labute approximate surface area is 121 Å². The van der Waals surface area contributed by atoms with E-state index in [-0.39, 0.29) is 5.56 Å². The predicted molar refractivity (Wildman–Crippen MR) is 71.3 cm³/mol. The van der Waals surface area contributed by atoms with Crippen LogP contribution in [-0.4, -0.2) is 7.05 Å². The molecule has 2 aromatic carbocycles. The maximum atomic E-state index is 13.8. The smallest absolute Gasteiger partial charge is 0.134 e. The first-order valence-electron chi connectivity index (χ1n) is 5.70. The molecule has 0 aliphatic heterocycles. The van der Waals surface area contributed by atoms with Crippen molar-refractivity contribution in [3.05, 3.63) is 69.2 Å². The number of hydrogen-bond acceptors (Lipinski definition) is 1. The van der Waals surface area contributed by atoms with Gasteiger partial charge in [0.05, 0.1) is 6.04 Å². The van der Waals surface area contributed by atoms with E-state index in [9.17, 15) is 17.6 Å². The van der Waals surface area contributed by atoms with Gasteiger partial charge in [-0.1, -0.05) is 15.9 Å². The number of hydrogen-bond donors (Lipinski definition) is 1. The van der Waals surface area contributed by atoms with E-state index in [0.717, 1.165) is 6.07 Å². The largest absolute Gasteiger partial charge is 0.309 e. The quantitative estimate of drug-likeness (QED) is 0.815. The molecule has 0 heterocycles. The van der Waals surface area contributed by atoms with Crippen LogP contribution in [0.5, 0.6) is 0 Å². The van der Waals surface area contributed by atoms with Crippen LogP contribution < -0.4 is 5.32 Å². The van der Waals surface area contributed by atoms with E-state index in [2.05, 4.69) is 21.2 Å². The zero-order chi connectivity index (χ0) is 14.9. The highest BCUT2D eigenvalue weighted by molar-refractivity contribution is 9.10. The maximum absolute atomic E-state index is 13.8. The molecule has 0 radical (unpaired) electrons. The fourth-order valence-electron chi connectivity index (χ4n) is 2.02. The summed E-state index contributed by atoms with van der Waals surface area (Å²) in [6.45, 7) is 0. The van der Waals surface area contributed by atoms with Gasteiger partial charge in [0.1, 0.15) is 23.3 Å². The van der Waals surface area contributed by atoms with Crippen LogP contribution in [0, 0.1) is 23.3 Å². The van der Waals surface area contributed by atoms with Gasteiger partial charge in [0.15, 0.2) is 0 Å². The minimum Gasteiger partial charge on any atom is -0.309 e. The summed E-state index contributed by atoms with van der Waals surface area (Å²) in [4.78, 5) is 0. The van der Waals surface area contributed by atoms with E-state index >= 15 is 0 Å². The third-order valence-corrected chi connectivity index (χ3v) is 3.61. The summed E-state index contributed by atoms with van der Waals surface area (Å²) in [5, 5.41) is 2.70. The first kappa shape index (κ1) is 15.0. The second-order valence-corrected chi connectivity index (χ2v) is 5.02. The van der Waals surface area contributed by atoms with Crippen LogP contribution in [0.4, 0.5) is 17.6 Å². The molecule has 20 heavy (non-hydrogen) atoms. The van der Waals surface area contributed by atoms with Crippen molar-refractivity contribution in [3.8, 4) is 0 Å². The van der Waals surface area contributed by atoms with Crippen molar-refractivity contribution >= 4 is 15.9 Å². The van der Waals surface area contributed by atoms with Crippen molar-refractivity contribution in [1.82, 2.24) is 5.32 Å². The molecule has 0 spiro atoms. The topological polar surface area (TPSA) is 12.0 Å². The molecule has 1 nitrogen and oxygen atoms in total. The molecule has 0 aliphatic rings. The monoisotopic (exact) mass is 347 g/mol. The Kier molecular flexibility index (Phi) is 4.45. The van der Waals surface area contributed by atoms with Gasteiger partial charge < -0.3 is 5.32 Å². The van der Waals surface area contributed by atoms with Crippen molar-refractivity contribution in [2.24, 2.45) is 0 Å². The minimum atomic E-state index is -1.03. The zero-order valence-corrected chi connectivity index (χ0v) is 11.9. The first-order valence-corrected chi connectivity index (χ1v) is 6.50. The van der Waals surface area contributed by atoms with Crippen LogP contribution in [0.2, 0.25) is 0 Å². The van der Waals surface area contributed by atoms with Gasteiger partial charge in [-0.2, -0.15) is 0 Å². The van der Waals surface area contributed by atoms with Gasteiger partial charge in [-0.05, 0) is 30.8 Å². The second kappa shape index (κ2) is 5.93. The van der Waals surface area contributed by atoms with Crippen LogP contribution in [0.3, 0.4) is 0 Å². The van der Waals surface area contributed by atoms with Gasteiger partial charge in [-0.15, -0.1) is 0 Å². The fourth-order valence-corrected chi connectivity index (χ4v) is 2.50. The molecule has 0 aliphatic carbocycles. The van der Waals surface area contributed by atoms with Gasteiger partial charge in [-0.3, -0.25) is 0 Å². The van der Waals surface area contributed by atoms with E-state index in [1.807, 2.05) is 0 Å². The Bertz CT molecular complexity index is 622. The Hall–Kier alpha value is -1.40. The third-order valence-electron chi connectivity index (χ3n) is 2.89. The average Bonchev–Trinajstić information content (AvgIpc) is 2.37. The van der Waals surface area contributed by atoms with E-state index < -0.39 is 29.3 Å². The molecule has 0 bridgehead atoms. The lowest BCUT2D eigenvalue weighted by Crippen LogP contribution is -2.21. The van der Waals surface area contributed by atoms with Crippen molar-refractivity contribution in [2.75, 3.05) is 7.05 Å². The van der Waals surface area contributed by atoms with Crippen LogP contribution in [0.25, 0.3) is 0 Å². The summed E-state index contributed by atoms with van der Waals surface area (Å²) >= 11 is 3.21. The Morgan fingerprint density at radius 3 is 2.10 bits per heavy atom. The molecule has 106 valence electrons. The molecule has 2 rings (SSSR count). The van der Waals surface area contributed by atoms with Gasteiger partial charge in [0, 0.05) is 22.2 Å². The third kappa shape index (κ3) is 2.86. The van der Waals surface area contributed by atoms with E-state index in [1.54, 1.807) is 0 Å². The molecule has 2 aromatic rings. The lowest BCUT2D eigenvalue weighted by molar-refractivity contribution is 0.498. The van der Waals surface area contributed by atoms with Crippen LogP contribution >= 0.6 is 15.9 Å². The van der Waals surface area contributed by atoms with Gasteiger partial charge in [0.2, 0.25) is 0 Å². The fraction of sp³-hybridized carbons (Fsp3) is 0.143. The molecule has 1 unspecified atom stereocenters. The molecule has 0 saturated heterocycles. The molecule has 6 heteroatoms. The van der Waals surface area contributed by atoms with Crippen molar-refractivity contribution in [3.63, 3.8) is 0 Å². The van der Waals surface area contributed by atoms with Crippen LogP contribution in [0.15, 0.2) is 34.8 Å². The molecule has 0 aromatic heterocycles. The molecular weight excluding hydrogens is 338 g/mol. The molecule has 1 atom stereocenters. The number of halogens is 5. The Balaban J connectivity index is 2.61. The number of rotatable bonds is 3. The predicted octanol–water partition coefficient (Wildman–Crippen LogP) is 4.31. The maximum Gasteiger partial charge on any atom is 0.134 e. The summed E-state index contributed by atoms with van der Waals surface area (Å²) in [6, 6.07) is 4.06. The van der Waals surface area contributed by atoms with Crippen LogP contribution in [0.1, 0.15) is 17.2 Å². The highest BCUT2D eigenvalue weighted by Crippen LogP contribution is 2.32. The van der Waals surface area contributed by atoms with Crippen LogP contribution in [-0.2, 0) is 0 Å². The normalized spacial score (nSPS) is 12.5. The number of nitrogens with one attached hydrogen (secondary N) is 1. The molecule has 0 saturated carbocycles. The van der Waals surface area contributed by atoms with Crippen molar-refractivity contribution in [1.29, 1.82) is 0 Å². The van der Waals surface area contributed by atoms with E-state index in [4.69, 9.17) is 0 Å². The van der Waals surface area contributed by atoms with Gasteiger partial charge in [0.25, 0.3) is 0 Å². The molecule has 0 fully saturated rings. The average molecular weight is 348 g/mol. The summed E-state index contributed by atoms with van der Waals surface area (Å²) in [5.74, 6) is -3.60. The lowest BCUT2D eigenvalue weighted by Gasteiger charge is -2.20. The highest BCUT2D eigenvalue weighted by atomic mass is 79.9. The molecular formula is C14H10BrF4N. The van der Waals surface area contributed by atoms with Gasteiger partial charge >= 0.3 is 0 Å². The lowest BCUT2D eigenvalue weighted by atomic mass is 9.97. The standard InChI is InChI=1S/C14H10BrF4N/c1-20-14(9-4-7(16)2-3-10(9)15)13-11(18)5-8(17)6-12(13)19/h2-6,14,20H,1H3.